The monoisotopic (exact) mass is 264 g/mol. The van der Waals surface area contributed by atoms with Gasteiger partial charge in [-0.3, -0.25) is 0 Å². The first kappa shape index (κ1) is 14.1. The Morgan fingerprint density at radius 3 is 2.79 bits per heavy atom. The molecule has 1 N–H and O–H groups in total. The van der Waals surface area contributed by atoms with Gasteiger partial charge >= 0.3 is 0 Å². The zero-order valence-corrected chi connectivity index (χ0v) is 12.4. The second-order valence-corrected chi connectivity index (χ2v) is 5.43. The summed E-state index contributed by atoms with van der Waals surface area (Å²) in [6.07, 6.45) is 0.844. The van der Waals surface area contributed by atoms with E-state index in [1.807, 2.05) is 6.07 Å². The van der Waals surface area contributed by atoms with Gasteiger partial charge in [0.25, 0.3) is 0 Å². The van der Waals surface area contributed by atoms with Crippen molar-refractivity contribution in [1.29, 1.82) is 0 Å². The third-order valence-corrected chi connectivity index (χ3v) is 3.35. The number of rotatable bonds is 4. The van der Waals surface area contributed by atoms with Crippen LogP contribution in [0.3, 0.4) is 0 Å². The highest BCUT2D eigenvalue weighted by molar-refractivity contribution is 5.51. The van der Waals surface area contributed by atoms with Gasteiger partial charge in [-0.2, -0.15) is 0 Å². The van der Waals surface area contributed by atoms with Gasteiger partial charge in [0.05, 0.1) is 18.8 Å². The number of anilines is 2. The maximum atomic E-state index is 5.57. The van der Waals surface area contributed by atoms with Gasteiger partial charge in [0.15, 0.2) is 0 Å². The molecule has 2 rings (SSSR count). The molecule has 5 heteroatoms. The van der Waals surface area contributed by atoms with E-state index in [0.717, 1.165) is 50.2 Å². The van der Waals surface area contributed by atoms with Gasteiger partial charge in [0, 0.05) is 25.6 Å². The average Bonchev–Trinajstić information content (AvgIpc) is 2.38. The van der Waals surface area contributed by atoms with E-state index < -0.39 is 0 Å². The second kappa shape index (κ2) is 5.74. The van der Waals surface area contributed by atoms with Crippen LogP contribution in [0, 0.1) is 0 Å². The molecular formula is C14H24N4O. The van der Waals surface area contributed by atoms with Crippen molar-refractivity contribution in [3.63, 3.8) is 0 Å². The smallest absolute Gasteiger partial charge is 0.135 e. The Morgan fingerprint density at radius 2 is 2.16 bits per heavy atom. The summed E-state index contributed by atoms with van der Waals surface area (Å²) >= 11 is 0. The molecule has 0 unspecified atom stereocenters. The lowest BCUT2D eigenvalue weighted by Gasteiger charge is -2.43. The van der Waals surface area contributed by atoms with Gasteiger partial charge in [-0.1, -0.05) is 6.92 Å². The molecule has 1 aromatic heterocycles. The highest BCUT2D eigenvalue weighted by atomic mass is 16.5. The molecule has 0 atom stereocenters. The Morgan fingerprint density at radius 1 is 1.37 bits per heavy atom. The maximum Gasteiger partial charge on any atom is 0.135 e. The Hall–Kier alpha value is -1.36. The van der Waals surface area contributed by atoms with Gasteiger partial charge in [0.1, 0.15) is 17.5 Å². The summed E-state index contributed by atoms with van der Waals surface area (Å²) in [6.45, 7) is 11.8. The van der Waals surface area contributed by atoms with Crippen molar-refractivity contribution in [2.24, 2.45) is 0 Å². The van der Waals surface area contributed by atoms with Crippen LogP contribution in [0.2, 0.25) is 0 Å². The molecule has 5 nitrogen and oxygen atoms in total. The number of morpholine rings is 1. The summed E-state index contributed by atoms with van der Waals surface area (Å²) in [5.41, 5.74) is -0.0267. The van der Waals surface area contributed by atoms with Crippen LogP contribution in [0.15, 0.2) is 6.07 Å². The van der Waals surface area contributed by atoms with Crippen molar-refractivity contribution < 1.29 is 4.74 Å². The molecule has 1 aromatic rings. The zero-order chi connectivity index (χ0) is 13.9. The summed E-state index contributed by atoms with van der Waals surface area (Å²) in [4.78, 5) is 11.5. The van der Waals surface area contributed by atoms with E-state index in [2.05, 4.69) is 47.9 Å². The molecule has 19 heavy (non-hydrogen) atoms. The van der Waals surface area contributed by atoms with Crippen molar-refractivity contribution in [1.82, 2.24) is 9.97 Å². The normalized spacial score (nSPS) is 18.4. The van der Waals surface area contributed by atoms with E-state index in [1.165, 1.54) is 0 Å². The standard InChI is InChI=1S/C14H24N4O/c1-5-11-16-12(15-6-2)9-13(17-11)18-7-8-19-10-14(18,3)4/h9H,5-8,10H2,1-4H3,(H,15,16,17). The summed E-state index contributed by atoms with van der Waals surface area (Å²) in [5.74, 6) is 2.79. The SMILES string of the molecule is CCNc1cc(N2CCOCC2(C)C)nc(CC)n1. The predicted octanol–water partition coefficient (Wildman–Crippen LogP) is 2.09. The largest absolute Gasteiger partial charge is 0.377 e. The fraction of sp³-hybridized carbons (Fsp3) is 0.714. The van der Waals surface area contributed by atoms with Crippen molar-refractivity contribution >= 4 is 11.6 Å². The molecule has 1 fully saturated rings. The minimum absolute atomic E-state index is 0.0267. The van der Waals surface area contributed by atoms with E-state index in [9.17, 15) is 0 Å². The highest BCUT2D eigenvalue weighted by Gasteiger charge is 2.31. The first-order valence-corrected chi connectivity index (χ1v) is 7.04. The summed E-state index contributed by atoms with van der Waals surface area (Å²) < 4.78 is 5.57. The molecule has 0 amide bonds. The number of aromatic nitrogens is 2. The minimum atomic E-state index is -0.0267. The van der Waals surface area contributed by atoms with Crippen molar-refractivity contribution in [3.8, 4) is 0 Å². The molecule has 0 aromatic carbocycles. The van der Waals surface area contributed by atoms with Crippen LogP contribution in [0.4, 0.5) is 11.6 Å². The van der Waals surface area contributed by atoms with Gasteiger partial charge in [-0.25, -0.2) is 9.97 Å². The van der Waals surface area contributed by atoms with E-state index >= 15 is 0 Å². The second-order valence-electron chi connectivity index (χ2n) is 5.43. The molecule has 0 bridgehead atoms. The lowest BCUT2D eigenvalue weighted by Crippen LogP contribution is -2.53. The zero-order valence-electron chi connectivity index (χ0n) is 12.4. The molecule has 1 aliphatic rings. The van der Waals surface area contributed by atoms with Gasteiger partial charge in [-0.05, 0) is 20.8 Å². The Balaban J connectivity index is 2.34. The average molecular weight is 264 g/mol. The Kier molecular flexibility index (Phi) is 4.24. The number of hydrogen-bond acceptors (Lipinski definition) is 5. The number of ether oxygens (including phenoxy) is 1. The Labute approximate surface area is 115 Å². The number of nitrogens with zero attached hydrogens (tertiary/aromatic N) is 3. The van der Waals surface area contributed by atoms with Crippen LogP contribution >= 0.6 is 0 Å². The van der Waals surface area contributed by atoms with Crippen LogP contribution in [-0.2, 0) is 11.2 Å². The fourth-order valence-electron chi connectivity index (χ4n) is 2.33. The maximum absolute atomic E-state index is 5.57. The Bertz CT molecular complexity index is 433. The molecule has 1 saturated heterocycles. The minimum Gasteiger partial charge on any atom is -0.377 e. The number of hydrogen-bond donors (Lipinski definition) is 1. The molecule has 106 valence electrons. The summed E-state index contributed by atoms with van der Waals surface area (Å²) in [6, 6.07) is 2.04. The molecule has 1 aliphatic heterocycles. The highest BCUT2D eigenvalue weighted by Crippen LogP contribution is 2.26. The van der Waals surface area contributed by atoms with Crippen molar-refractivity contribution in [2.45, 2.75) is 39.7 Å². The van der Waals surface area contributed by atoms with Crippen molar-refractivity contribution in [3.05, 3.63) is 11.9 Å². The summed E-state index contributed by atoms with van der Waals surface area (Å²) in [7, 11) is 0. The molecule has 0 aliphatic carbocycles. The van der Waals surface area contributed by atoms with Crippen molar-refractivity contribution in [2.75, 3.05) is 36.5 Å². The van der Waals surface area contributed by atoms with E-state index in [4.69, 9.17) is 4.74 Å². The van der Waals surface area contributed by atoms with Crippen LogP contribution in [0.25, 0.3) is 0 Å². The fourth-order valence-corrected chi connectivity index (χ4v) is 2.33. The van der Waals surface area contributed by atoms with E-state index in [0.29, 0.717) is 0 Å². The van der Waals surface area contributed by atoms with Crippen LogP contribution in [-0.4, -0.2) is 41.8 Å². The summed E-state index contributed by atoms with van der Waals surface area (Å²) in [5, 5.41) is 3.28. The van der Waals surface area contributed by atoms with Crippen LogP contribution < -0.4 is 10.2 Å². The first-order chi connectivity index (χ1) is 9.06. The topological polar surface area (TPSA) is 50.3 Å². The lowest BCUT2D eigenvalue weighted by molar-refractivity contribution is 0.0639. The number of aryl methyl sites for hydroxylation is 1. The van der Waals surface area contributed by atoms with E-state index in [-0.39, 0.29) is 5.54 Å². The number of nitrogens with one attached hydrogen (secondary N) is 1. The van der Waals surface area contributed by atoms with E-state index in [1.54, 1.807) is 0 Å². The third-order valence-electron chi connectivity index (χ3n) is 3.35. The molecule has 0 saturated carbocycles. The predicted molar refractivity (Wildman–Crippen MR) is 77.8 cm³/mol. The molecule has 0 radical (unpaired) electrons. The first-order valence-electron chi connectivity index (χ1n) is 7.04. The lowest BCUT2D eigenvalue weighted by atomic mass is 10.0. The third kappa shape index (κ3) is 3.15. The van der Waals surface area contributed by atoms with Gasteiger partial charge in [0.2, 0.25) is 0 Å². The molecular weight excluding hydrogens is 240 g/mol. The van der Waals surface area contributed by atoms with Crippen LogP contribution in [0.1, 0.15) is 33.5 Å². The molecule has 0 spiro atoms. The van der Waals surface area contributed by atoms with Crippen LogP contribution in [0.5, 0.6) is 0 Å². The van der Waals surface area contributed by atoms with Gasteiger partial charge in [-0.15, -0.1) is 0 Å². The van der Waals surface area contributed by atoms with Gasteiger partial charge < -0.3 is 15.0 Å². The molecule has 2 heterocycles. The quantitative estimate of drug-likeness (QED) is 0.902.